The van der Waals surface area contributed by atoms with Crippen molar-refractivity contribution in [3.05, 3.63) is 0 Å². The van der Waals surface area contributed by atoms with Crippen LogP contribution in [0.1, 0.15) is 33.1 Å². The van der Waals surface area contributed by atoms with Crippen LogP contribution in [0, 0.1) is 0 Å². The Bertz CT molecular complexity index is 83.6. The number of rotatable bonds is 6. The summed E-state index contributed by atoms with van der Waals surface area (Å²) >= 11 is 0. The summed E-state index contributed by atoms with van der Waals surface area (Å²) in [5.41, 5.74) is 0. The van der Waals surface area contributed by atoms with Gasteiger partial charge in [-0.2, -0.15) is 0 Å². The lowest BCUT2D eigenvalue weighted by molar-refractivity contribution is 0.140. The monoisotopic (exact) mass is 159 g/mol. The van der Waals surface area contributed by atoms with Crippen LogP contribution in [0.4, 0.5) is 0 Å². The Morgan fingerprint density at radius 3 is 2.45 bits per heavy atom. The van der Waals surface area contributed by atoms with E-state index in [2.05, 4.69) is 18.9 Å². The topological polar surface area (TPSA) is 23.5 Å². The fraction of sp³-hybridized carbons (Fsp3) is 1.00. The van der Waals surface area contributed by atoms with E-state index in [4.69, 9.17) is 5.11 Å². The van der Waals surface area contributed by atoms with E-state index in [1.54, 1.807) is 0 Å². The molecule has 0 aromatic rings. The Morgan fingerprint density at radius 1 is 1.36 bits per heavy atom. The highest BCUT2D eigenvalue weighted by molar-refractivity contribution is 4.55. The van der Waals surface area contributed by atoms with Crippen molar-refractivity contribution in [3.63, 3.8) is 0 Å². The Labute approximate surface area is 70.2 Å². The molecule has 0 heterocycles. The molecule has 2 heteroatoms. The number of nitrogens with zero attached hydrogens (tertiary/aromatic N) is 1. The van der Waals surface area contributed by atoms with Crippen molar-refractivity contribution >= 4 is 0 Å². The van der Waals surface area contributed by atoms with Gasteiger partial charge < -0.3 is 10.0 Å². The molecule has 11 heavy (non-hydrogen) atoms. The molecular formula is C9H21NO. The fourth-order valence-corrected chi connectivity index (χ4v) is 1.17. The largest absolute Gasteiger partial charge is 0.392 e. The molecule has 0 aromatic carbocycles. The van der Waals surface area contributed by atoms with Gasteiger partial charge in [-0.15, -0.1) is 0 Å². The van der Waals surface area contributed by atoms with Crippen LogP contribution in [-0.2, 0) is 0 Å². The molecule has 0 spiro atoms. The smallest absolute Gasteiger partial charge is 0.0638 e. The van der Waals surface area contributed by atoms with Crippen LogP contribution in [-0.4, -0.2) is 36.2 Å². The molecule has 68 valence electrons. The van der Waals surface area contributed by atoms with Crippen LogP contribution in [0.5, 0.6) is 0 Å². The first-order valence-electron chi connectivity index (χ1n) is 4.53. The van der Waals surface area contributed by atoms with Gasteiger partial charge in [0.15, 0.2) is 0 Å². The second-order valence-electron chi connectivity index (χ2n) is 3.32. The second-order valence-corrected chi connectivity index (χ2v) is 3.32. The molecular weight excluding hydrogens is 138 g/mol. The first kappa shape index (κ1) is 10.9. The maximum Gasteiger partial charge on any atom is 0.0638 e. The van der Waals surface area contributed by atoms with Gasteiger partial charge in [-0.3, -0.25) is 0 Å². The maximum absolute atomic E-state index is 9.04. The summed E-state index contributed by atoms with van der Waals surface area (Å²) in [5.74, 6) is 0. The molecule has 0 saturated carbocycles. The predicted molar refractivity (Wildman–Crippen MR) is 48.7 cm³/mol. The highest BCUT2D eigenvalue weighted by atomic mass is 16.3. The van der Waals surface area contributed by atoms with Gasteiger partial charge >= 0.3 is 0 Å². The molecule has 0 aliphatic rings. The third-order valence-electron chi connectivity index (χ3n) is 1.72. The third kappa shape index (κ3) is 7.82. The number of aliphatic hydroxyl groups excluding tert-OH is 1. The van der Waals surface area contributed by atoms with Crippen molar-refractivity contribution in [1.29, 1.82) is 0 Å². The van der Waals surface area contributed by atoms with Crippen LogP contribution in [0.2, 0.25) is 0 Å². The van der Waals surface area contributed by atoms with Crippen molar-refractivity contribution in [2.45, 2.75) is 39.2 Å². The standard InChI is InChI=1S/C9H21NO/c1-4-5-6-7-10(3)8-9(2)11/h9,11H,4-8H2,1-3H3/t9-/m0/s1. The Kier molecular flexibility index (Phi) is 6.57. The summed E-state index contributed by atoms with van der Waals surface area (Å²) in [6.45, 7) is 5.94. The SMILES string of the molecule is CCCCCN(C)C[C@H](C)O. The molecule has 0 unspecified atom stereocenters. The van der Waals surface area contributed by atoms with E-state index in [1.165, 1.54) is 19.3 Å². The zero-order chi connectivity index (χ0) is 8.69. The van der Waals surface area contributed by atoms with Crippen molar-refractivity contribution in [1.82, 2.24) is 4.90 Å². The minimum Gasteiger partial charge on any atom is -0.392 e. The molecule has 0 radical (unpaired) electrons. The van der Waals surface area contributed by atoms with Crippen molar-refractivity contribution in [3.8, 4) is 0 Å². The molecule has 2 nitrogen and oxygen atoms in total. The van der Waals surface area contributed by atoms with Gasteiger partial charge in [0.1, 0.15) is 0 Å². The maximum atomic E-state index is 9.04. The summed E-state index contributed by atoms with van der Waals surface area (Å²) in [7, 11) is 2.06. The molecule has 0 aliphatic carbocycles. The first-order chi connectivity index (χ1) is 5.16. The number of hydrogen-bond acceptors (Lipinski definition) is 2. The van der Waals surface area contributed by atoms with E-state index in [9.17, 15) is 0 Å². The number of hydrogen-bond donors (Lipinski definition) is 1. The summed E-state index contributed by atoms with van der Waals surface area (Å²) in [6, 6.07) is 0. The van der Waals surface area contributed by atoms with Crippen molar-refractivity contribution in [2.24, 2.45) is 0 Å². The second kappa shape index (κ2) is 6.62. The highest BCUT2D eigenvalue weighted by Gasteiger charge is 2.00. The van der Waals surface area contributed by atoms with Gasteiger partial charge in [-0.05, 0) is 26.9 Å². The quantitative estimate of drug-likeness (QED) is 0.593. The van der Waals surface area contributed by atoms with Gasteiger partial charge in [0.05, 0.1) is 6.10 Å². The average Bonchev–Trinajstić information content (AvgIpc) is 1.86. The molecule has 0 amide bonds. The van der Waals surface area contributed by atoms with Crippen LogP contribution >= 0.6 is 0 Å². The van der Waals surface area contributed by atoms with Crippen LogP contribution in [0.25, 0.3) is 0 Å². The van der Waals surface area contributed by atoms with Gasteiger partial charge in [0.2, 0.25) is 0 Å². The van der Waals surface area contributed by atoms with Crippen molar-refractivity contribution in [2.75, 3.05) is 20.1 Å². The normalized spacial score (nSPS) is 13.9. The molecule has 0 rings (SSSR count). The van der Waals surface area contributed by atoms with Crippen LogP contribution < -0.4 is 0 Å². The number of likely N-dealkylation sites (N-methyl/N-ethyl adjacent to an activating group) is 1. The van der Waals surface area contributed by atoms with Crippen LogP contribution in [0.3, 0.4) is 0 Å². The molecule has 1 atom stereocenters. The van der Waals surface area contributed by atoms with Gasteiger partial charge in [-0.1, -0.05) is 19.8 Å². The number of aliphatic hydroxyl groups is 1. The number of unbranched alkanes of at least 4 members (excludes halogenated alkanes) is 2. The zero-order valence-electron chi connectivity index (χ0n) is 8.01. The Balaban J connectivity index is 3.15. The molecule has 1 N–H and O–H groups in total. The highest BCUT2D eigenvalue weighted by Crippen LogP contribution is 1.96. The lowest BCUT2D eigenvalue weighted by Crippen LogP contribution is -2.28. The van der Waals surface area contributed by atoms with E-state index < -0.39 is 0 Å². The summed E-state index contributed by atoms with van der Waals surface area (Å²) in [5, 5.41) is 9.04. The van der Waals surface area contributed by atoms with E-state index in [-0.39, 0.29) is 6.10 Å². The summed E-state index contributed by atoms with van der Waals surface area (Å²) in [6.07, 6.45) is 3.62. The summed E-state index contributed by atoms with van der Waals surface area (Å²) < 4.78 is 0. The fourth-order valence-electron chi connectivity index (χ4n) is 1.17. The average molecular weight is 159 g/mol. The minimum absolute atomic E-state index is 0.193. The molecule has 0 aliphatic heterocycles. The first-order valence-corrected chi connectivity index (χ1v) is 4.53. The van der Waals surface area contributed by atoms with Crippen LogP contribution in [0.15, 0.2) is 0 Å². The van der Waals surface area contributed by atoms with E-state index in [1.807, 2.05) is 6.92 Å². The minimum atomic E-state index is -0.193. The Morgan fingerprint density at radius 2 is 2.00 bits per heavy atom. The van der Waals surface area contributed by atoms with Crippen molar-refractivity contribution < 1.29 is 5.11 Å². The molecule has 0 aromatic heterocycles. The van der Waals surface area contributed by atoms with Gasteiger partial charge in [-0.25, -0.2) is 0 Å². The Hall–Kier alpha value is -0.0800. The zero-order valence-corrected chi connectivity index (χ0v) is 8.01. The lowest BCUT2D eigenvalue weighted by Gasteiger charge is -2.17. The molecule has 0 bridgehead atoms. The van der Waals surface area contributed by atoms with E-state index >= 15 is 0 Å². The molecule has 0 fully saturated rings. The van der Waals surface area contributed by atoms with E-state index in [0.717, 1.165) is 13.1 Å². The summed E-state index contributed by atoms with van der Waals surface area (Å²) in [4.78, 5) is 2.18. The third-order valence-corrected chi connectivity index (χ3v) is 1.72. The van der Waals surface area contributed by atoms with Gasteiger partial charge in [0, 0.05) is 6.54 Å². The molecule has 0 saturated heterocycles. The predicted octanol–water partition coefficient (Wildman–Crippen LogP) is 1.49. The lowest BCUT2D eigenvalue weighted by atomic mass is 10.2. The van der Waals surface area contributed by atoms with Gasteiger partial charge in [0.25, 0.3) is 0 Å². The van der Waals surface area contributed by atoms with E-state index in [0.29, 0.717) is 0 Å².